The number of rotatable bonds is 6. The smallest absolute Gasteiger partial charge is 0.342 e. The first-order chi connectivity index (χ1) is 13.1. The normalized spacial score (nSPS) is 11.6. The zero-order valence-electron chi connectivity index (χ0n) is 16.1. The zero-order valence-corrected chi connectivity index (χ0v) is 16.9. The van der Waals surface area contributed by atoms with Crippen LogP contribution in [0.1, 0.15) is 49.4 Å². The van der Waals surface area contributed by atoms with Crippen LogP contribution >= 0.6 is 11.6 Å². The highest BCUT2D eigenvalue weighted by Crippen LogP contribution is 2.30. The van der Waals surface area contributed by atoms with E-state index in [0.717, 1.165) is 0 Å². The SMILES string of the molecule is COC(=O)c1c(C)[nH]c(C(=O)[C@H](C)OC(=O)c2cc(Cl)c(N)cc2OC)c1C. The molecule has 2 rings (SSSR count). The van der Waals surface area contributed by atoms with Gasteiger partial charge in [0.15, 0.2) is 6.10 Å². The summed E-state index contributed by atoms with van der Waals surface area (Å²) < 4.78 is 15.1. The number of aromatic amines is 1. The molecule has 0 radical (unpaired) electrons. The van der Waals surface area contributed by atoms with Crippen LogP contribution in [0.4, 0.5) is 5.69 Å². The van der Waals surface area contributed by atoms with Gasteiger partial charge < -0.3 is 24.9 Å². The van der Waals surface area contributed by atoms with E-state index in [0.29, 0.717) is 11.3 Å². The predicted molar refractivity (Wildman–Crippen MR) is 103 cm³/mol. The molecule has 1 atom stereocenters. The number of carbonyl (C=O) groups excluding carboxylic acids is 3. The summed E-state index contributed by atoms with van der Waals surface area (Å²) >= 11 is 5.96. The average Bonchev–Trinajstić information content (AvgIpc) is 2.96. The van der Waals surface area contributed by atoms with Gasteiger partial charge in [0.2, 0.25) is 5.78 Å². The molecule has 0 aliphatic heterocycles. The number of nitrogen functional groups attached to an aromatic ring is 1. The summed E-state index contributed by atoms with van der Waals surface area (Å²) in [5.41, 5.74) is 7.33. The average molecular weight is 409 g/mol. The fourth-order valence-corrected chi connectivity index (χ4v) is 2.95. The first kappa shape index (κ1) is 21.3. The quantitative estimate of drug-likeness (QED) is 0.428. The van der Waals surface area contributed by atoms with Crippen LogP contribution in [-0.2, 0) is 9.47 Å². The zero-order chi connectivity index (χ0) is 21.2. The van der Waals surface area contributed by atoms with Crippen LogP contribution in [0.2, 0.25) is 5.02 Å². The molecule has 0 fully saturated rings. The largest absolute Gasteiger partial charge is 0.496 e. The fourth-order valence-electron chi connectivity index (χ4n) is 2.78. The van der Waals surface area contributed by atoms with Crippen molar-refractivity contribution in [2.24, 2.45) is 0 Å². The number of ketones is 1. The Bertz CT molecular complexity index is 950. The third-order valence-corrected chi connectivity index (χ3v) is 4.59. The number of methoxy groups -OCH3 is 2. The Kier molecular flexibility index (Phi) is 6.35. The Hall–Kier alpha value is -3.00. The summed E-state index contributed by atoms with van der Waals surface area (Å²) in [7, 11) is 2.62. The van der Waals surface area contributed by atoms with Gasteiger partial charge in [-0.15, -0.1) is 0 Å². The van der Waals surface area contributed by atoms with Gasteiger partial charge >= 0.3 is 11.9 Å². The molecule has 0 bridgehead atoms. The van der Waals surface area contributed by atoms with Crippen molar-refractivity contribution in [3.05, 3.63) is 45.2 Å². The fraction of sp³-hybridized carbons (Fsp3) is 0.316. The van der Waals surface area contributed by atoms with E-state index in [9.17, 15) is 14.4 Å². The van der Waals surface area contributed by atoms with E-state index >= 15 is 0 Å². The summed E-state index contributed by atoms with van der Waals surface area (Å²) in [6.45, 7) is 4.69. The Morgan fingerprint density at radius 3 is 2.36 bits per heavy atom. The van der Waals surface area contributed by atoms with E-state index in [2.05, 4.69) is 4.98 Å². The summed E-state index contributed by atoms with van der Waals surface area (Å²) in [6.07, 6.45) is -1.13. The molecular weight excluding hydrogens is 388 g/mol. The molecular formula is C19H21ClN2O6. The van der Waals surface area contributed by atoms with Gasteiger partial charge in [-0.2, -0.15) is 0 Å². The summed E-state index contributed by atoms with van der Waals surface area (Å²) in [4.78, 5) is 40.0. The highest BCUT2D eigenvalue weighted by molar-refractivity contribution is 6.33. The molecule has 0 unspecified atom stereocenters. The molecule has 0 spiro atoms. The molecule has 0 saturated heterocycles. The van der Waals surface area contributed by atoms with E-state index in [1.165, 1.54) is 33.3 Å². The molecule has 150 valence electrons. The predicted octanol–water partition coefficient (Wildman–Crippen LogP) is 3.09. The number of hydrogen-bond donors (Lipinski definition) is 2. The number of nitrogens with one attached hydrogen (secondary N) is 1. The van der Waals surface area contributed by atoms with Gasteiger partial charge in [-0.25, -0.2) is 9.59 Å². The molecule has 0 aliphatic carbocycles. The van der Waals surface area contributed by atoms with Crippen molar-refractivity contribution in [3.63, 3.8) is 0 Å². The number of aromatic nitrogens is 1. The summed E-state index contributed by atoms with van der Waals surface area (Å²) in [6, 6.07) is 2.71. The van der Waals surface area contributed by atoms with Gasteiger partial charge in [-0.1, -0.05) is 11.6 Å². The number of carbonyl (C=O) groups is 3. The molecule has 0 saturated carbocycles. The first-order valence-corrected chi connectivity index (χ1v) is 8.65. The van der Waals surface area contributed by atoms with Crippen LogP contribution in [0.3, 0.4) is 0 Å². The van der Waals surface area contributed by atoms with Crippen molar-refractivity contribution in [2.75, 3.05) is 20.0 Å². The van der Waals surface area contributed by atoms with Crippen molar-refractivity contribution < 1.29 is 28.6 Å². The third-order valence-electron chi connectivity index (χ3n) is 4.27. The Morgan fingerprint density at radius 1 is 1.14 bits per heavy atom. The van der Waals surface area contributed by atoms with Crippen LogP contribution in [0.5, 0.6) is 5.75 Å². The van der Waals surface area contributed by atoms with Crippen LogP contribution in [0.15, 0.2) is 12.1 Å². The number of esters is 2. The van der Waals surface area contributed by atoms with Gasteiger partial charge in [0, 0.05) is 11.8 Å². The molecule has 3 N–H and O–H groups in total. The highest BCUT2D eigenvalue weighted by atomic mass is 35.5. The van der Waals surface area contributed by atoms with E-state index in [1.807, 2.05) is 0 Å². The number of ether oxygens (including phenoxy) is 3. The van der Waals surface area contributed by atoms with Crippen LogP contribution < -0.4 is 10.5 Å². The molecule has 9 heteroatoms. The van der Waals surface area contributed by atoms with Gasteiger partial charge in [0.25, 0.3) is 0 Å². The Labute approximate surface area is 166 Å². The van der Waals surface area contributed by atoms with Crippen molar-refractivity contribution in [1.29, 1.82) is 0 Å². The highest BCUT2D eigenvalue weighted by Gasteiger charge is 2.28. The number of halogens is 1. The van der Waals surface area contributed by atoms with Crippen LogP contribution in [0, 0.1) is 13.8 Å². The molecule has 8 nitrogen and oxygen atoms in total. The topological polar surface area (TPSA) is 121 Å². The van der Waals surface area contributed by atoms with Crippen molar-refractivity contribution in [1.82, 2.24) is 4.98 Å². The second kappa shape index (κ2) is 8.35. The number of Topliss-reactive ketones (excluding diaryl/α,β-unsaturated/α-hetero) is 1. The summed E-state index contributed by atoms with van der Waals surface area (Å²) in [5, 5.41) is 0.158. The van der Waals surface area contributed by atoms with Crippen molar-refractivity contribution in [3.8, 4) is 5.75 Å². The number of H-pyrrole nitrogens is 1. The van der Waals surface area contributed by atoms with Crippen molar-refractivity contribution >= 4 is 35.0 Å². The summed E-state index contributed by atoms with van der Waals surface area (Å²) in [5.74, 6) is -1.68. The minimum Gasteiger partial charge on any atom is -0.496 e. The Balaban J connectivity index is 2.27. The monoisotopic (exact) mass is 408 g/mol. The molecule has 0 amide bonds. The number of hydrogen-bond acceptors (Lipinski definition) is 7. The molecule has 1 heterocycles. The lowest BCUT2D eigenvalue weighted by Gasteiger charge is -2.14. The molecule has 2 aromatic rings. The van der Waals surface area contributed by atoms with Gasteiger partial charge in [0.1, 0.15) is 11.3 Å². The van der Waals surface area contributed by atoms with Gasteiger partial charge in [0.05, 0.1) is 36.2 Å². The lowest BCUT2D eigenvalue weighted by Crippen LogP contribution is -2.25. The minimum atomic E-state index is -1.13. The third kappa shape index (κ3) is 3.96. The maximum atomic E-state index is 12.7. The van der Waals surface area contributed by atoms with Gasteiger partial charge in [-0.3, -0.25) is 4.79 Å². The molecule has 1 aromatic carbocycles. The van der Waals surface area contributed by atoms with E-state index in [4.69, 9.17) is 31.5 Å². The number of aryl methyl sites for hydroxylation is 1. The number of nitrogens with two attached hydrogens (primary N) is 1. The lowest BCUT2D eigenvalue weighted by molar-refractivity contribution is 0.0314. The van der Waals surface area contributed by atoms with Crippen molar-refractivity contribution in [2.45, 2.75) is 26.9 Å². The van der Waals surface area contributed by atoms with Gasteiger partial charge in [-0.05, 0) is 32.4 Å². The van der Waals surface area contributed by atoms with E-state index < -0.39 is 23.8 Å². The van der Waals surface area contributed by atoms with E-state index in [-0.39, 0.29) is 33.3 Å². The number of benzene rings is 1. The maximum absolute atomic E-state index is 12.7. The molecule has 0 aliphatic rings. The first-order valence-electron chi connectivity index (χ1n) is 8.28. The molecule has 28 heavy (non-hydrogen) atoms. The maximum Gasteiger partial charge on any atom is 0.342 e. The number of anilines is 1. The van der Waals surface area contributed by atoms with Crippen LogP contribution in [0.25, 0.3) is 0 Å². The lowest BCUT2D eigenvalue weighted by atomic mass is 10.1. The minimum absolute atomic E-state index is 0.0380. The second-order valence-corrected chi connectivity index (χ2v) is 6.51. The van der Waals surface area contributed by atoms with E-state index in [1.54, 1.807) is 13.8 Å². The van der Waals surface area contributed by atoms with Crippen LogP contribution in [-0.4, -0.2) is 43.0 Å². The second-order valence-electron chi connectivity index (χ2n) is 6.10. The standard InChI is InChI=1S/C19H21ClN2O6/c1-8-15(19(25)27-5)9(2)22-16(8)17(23)10(3)28-18(24)11-6-12(20)13(21)7-14(11)26-4/h6-7,10,22H,21H2,1-5H3/t10-/m0/s1. The Morgan fingerprint density at radius 2 is 1.79 bits per heavy atom. The molecule has 1 aromatic heterocycles.